The third-order valence-corrected chi connectivity index (χ3v) is 2.95. The van der Waals surface area contributed by atoms with Crippen LogP contribution in [0.2, 0.25) is 0 Å². The van der Waals surface area contributed by atoms with E-state index in [-0.39, 0.29) is 11.2 Å². The van der Waals surface area contributed by atoms with Crippen LogP contribution in [0.15, 0.2) is 23.4 Å². The van der Waals surface area contributed by atoms with E-state index in [2.05, 4.69) is 20.3 Å². The zero-order chi connectivity index (χ0) is 14.7. The van der Waals surface area contributed by atoms with E-state index in [4.69, 9.17) is 5.73 Å². The Labute approximate surface area is 115 Å². The number of primary amides is 1. The molecule has 0 spiro atoms. The number of H-pyrrole nitrogens is 1. The number of carbonyl (C=O) groups is 1. The molecule has 0 radical (unpaired) electrons. The van der Waals surface area contributed by atoms with Crippen LogP contribution in [0, 0.1) is 6.92 Å². The van der Waals surface area contributed by atoms with Crippen molar-refractivity contribution >= 4 is 11.7 Å². The van der Waals surface area contributed by atoms with Gasteiger partial charge in [0.25, 0.3) is 5.56 Å². The van der Waals surface area contributed by atoms with E-state index in [0.717, 1.165) is 5.56 Å². The molecule has 2 aromatic rings. The van der Waals surface area contributed by atoms with Gasteiger partial charge in [-0.25, -0.2) is 14.8 Å². The van der Waals surface area contributed by atoms with E-state index < -0.39 is 6.03 Å². The van der Waals surface area contributed by atoms with Crippen LogP contribution in [0.25, 0.3) is 11.3 Å². The van der Waals surface area contributed by atoms with Gasteiger partial charge in [-0.15, -0.1) is 0 Å². The number of pyridine rings is 1. The summed E-state index contributed by atoms with van der Waals surface area (Å²) in [5, 5.41) is 2.38. The number of aromatic amines is 1. The maximum absolute atomic E-state index is 12.0. The predicted octanol–water partition coefficient (Wildman–Crippen LogP) is 1.19. The molecule has 0 atom stereocenters. The zero-order valence-corrected chi connectivity index (χ0v) is 11.2. The molecular formula is C13H15N5O2. The van der Waals surface area contributed by atoms with Crippen LogP contribution in [0.4, 0.5) is 10.5 Å². The van der Waals surface area contributed by atoms with E-state index in [0.29, 0.717) is 23.4 Å². The second-order valence-corrected chi connectivity index (χ2v) is 4.25. The zero-order valence-electron chi connectivity index (χ0n) is 11.2. The number of aryl methyl sites for hydroxylation is 1. The minimum absolute atomic E-state index is 0.166. The van der Waals surface area contributed by atoms with E-state index in [1.165, 1.54) is 6.33 Å². The molecular weight excluding hydrogens is 258 g/mol. The molecule has 0 aromatic carbocycles. The number of nitrogens with one attached hydrogen (secondary N) is 2. The molecule has 0 unspecified atom stereocenters. The highest BCUT2D eigenvalue weighted by Crippen LogP contribution is 2.28. The third-order valence-electron chi connectivity index (χ3n) is 2.95. The molecule has 0 bridgehead atoms. The summed E-state index contributed by atoms with van der Waals surface area (Å²) in [5.74, 6) is 0. The first-order chi connectivity index (χ1) is 9.54. The van der Waals surface area contributed by atoms with Gasteiger partial charge in [0.2, 0.25) is 0 Å². The number of anilines is 1. The standard InChI is InChI=1S/C13H15N5O2/c1-3-8-10(9-4-5-15-6-16-9)7(2)17-12(19)11(8)18-13(14)20/h4-6H,3H2,1-2H3,(H,17,19)(H3,14,18,20). The average Bonchev–Trinajstić information content (AvgIpc) is 2.42. The van der Waals surface area contributed by atoms with Gasteiger partial charge in [-0.05, 0) is 25.0 Å². The molecule has 7 nitrogen and oxygen atoms in total. The Kier molecular flexibility index (Phi) is 3.79. The topological polar surface area (TPSA) is 114 Å². The molecule has 2 aromatic heterocycles. The minimum atomic E-state index is -0.775. The van der Waals surface area contributed by atoms with Crippen molar-refractivity contribution in [2.24, 2.45) is 5.73 Å². The van der Waals surface area contributed by atoms with E-state index in [1.807, 2.05) is 6.92 Å². The predicted molar refractivity (Wildman–Crippen MR) is 75.4 cm³/mol. The van der Waals surface area contributed by atoms with Crippen LogP contribution in [0.1, 0.15) is 18.2 Å². The van der Waals surface area contributed by atoms with Gasteiger partial charge in [-0.2, -0.15) is 0 Å². The Balaban J connectivity index is 2.74. The lowest BCUT2D eigenvalue weighted by Crippen LogP contribution is -2.27. The summed E-state index contributed by atoms with van der Waals surface area (Å²) in [5.41, 5.74) is 7.74. The largest absolute Gasteiger partial charge is 0.351 e. The molecule has 2 rings (SSSR count). The van der Waals surface area contributed by atoms with Crippen LogP contribution in [0.5, 0.6) is 0 Å². The van der Waals surface area contributed by atoms with E-state index in [1.54, 1.807) is 19.2 Å². The highest BCUT2D eigenvalue weighted by molar-refractivity contribution is 5.90. The molecule has 7 heteroatoms. The summed E-state index contributed by atoms with van der Waals surface area (Å²) < 4.78 is 0. The molecule has 0 saturated heterocycles. The molecule has 104 valence electrons. The molecule has 0 aliphatic heterocycles. The van der Waals surface area contributed by atoms with Crippen molar-refractivity contribution in [3.8, 4) is 11.3 Å². The fourth-order valence-corrected chi connectivity index (χ4v) is 2.18. The second-order valence-electron chi connectivity index (χ2n) is 4.25. The van der Waals surface area contributed by atoms with Gasteiger partial charge in [0.1, 0.15) is 12.0 Å². The van der Waals surface area contributed by atoms with Crippen molar-refractivity contribution in [1.29, 1.82) is 0 Å². The van der Waals surface area contributed by atoms with Gasteiger partial charge in [0, 0.05) is 17.5 Å². The molecule has 0 fully saturated rings. The molecule has 0 aliphatic rings. The first-order valence-corrected chi connectivity index (χ1v) is 6.13. The van der Waals surface area contributed by atoms with E-state index >= 15 is 0 Å². The van der Waals surface area contributed by atoms with Gasteiger partial charge >= 0.3 is 6.03 Å². The number of nitrogens with two attached hydrogens (primary N) is 1. The number of urea groups is 1. The van der Waals surface area contributed by atoms with Crippen LogP contribution in [-0.2, 0) is 6.42 Å². The van der Waals surface area contributed by atoms with Crippen LogP contribution in [-0.4, -0.2) is 21.0 Å². The molecule has 0 saturated carbocycles. The van der Waals surface area contributed by atoms with Crippen molar-refractivity contribution in [1.82, 2.24) is 15.0 Å². The Morgan fingerprint density at radius 2 is 2.25 bits per heavy atom. The number of aromatic nitrogens is 3. The smallest absolute Gasteiger partial charge is 0.316 e. The summed E-state index contributed by atoms with van der Waals surface area (Å²) in [6.07, 6.45) is 3.60. The summed E-state index contributed by atoms with van der Waals surface area (Å²) in [6, 6.07) is 0.969. The van der Waals surface area contributed by atoms with Crippen molar-refractivity contribution < 1.29 is 4.79 Å². The maximum atomic E-state index is 12.0. The molecule has 2 amide bonds. The average molecular weight is 273 g/mol. The highest BCUT2D eigenvalue weighted by Gasteiger charge is 2.17. The summed E-state index contributed by atoms with van der Waals surface area (Å²) >= 11 is 0. The normalized spacial score (nSPS) is 10.3. The van der Waals surface area contributed by atoms with Crippen molar-refractivity contribution in [2.45, 2.75) is 20.3 Å². The summed E-state index contributed by atoms with van der Waals surface area (Å²) in [4.78, 5) is 33.8. The monoisotopic (exact) mass is 273 g/mol. The first-order valence-electron chi connectivity index (χ1n) is 6.13. The number of hydrogen-bond acceptors (Lipinski definition) is 4. The van der Waals surface area contributed by atoms with Crippen LogP contribution >= 0.6 is 0 Å². The molecule has 4 N–H and O–H groups in total. The summed E-state index contributed by atoms with van der Waals surface area (Å²) in [6.45, 7) is 3.68. The Hall–Kier alpha value is -2.70. The van der Waals surface area contributed by atoms with Gasteiger partial charge in [0.05, 0.1) is 5.69 Å². The van der Waals surface area contributed by atoms with Crippen molar-refractivity contribution in [3.63, 3.8) is 0 Å². The molecule has 2 heterocycles. The number of hydrogen-bond donors (Lipinski definition) is 3. The number of carbonyl (C=O) groups excluding carboxylic acids is 1. The number of nitrogens with zero attached hydrogens (tertiary/aromatic N) is 2. The Morgan fingerprint density at radius 1 is 1.50 bits per heavy atom. The fraction of sp³-hybridized carbons (Fsp3) is 0.231. The lowest BCUT2D eigenvalue weighted by atomic mass is 9.99. The quantitative estimate of drug-likeness (QED) is 0.779. The fourth-order valence-electron chi connectivity index (χ4n) is 2.18. The van der Waals surface area contributed by atoms with Crippen LogP contribution < -0.4 is 16.6 Å². The van der Waals surface area contributed by atoms with Crippen LogP contribution in [0.3, 0.4) is 0 Å². The van der Waals surface area contributed by atoms with Crippen molar-refractivity contribution in [3.05, 3.63) is 40.2 Å². The van der Waals surface area contributed by atoms with Gasteiger partial charge in [0.15, 0.2) is 0 Å². The number of rotatable bonds is 3. The van der Waals surface area contributed by atoms with Crippen molar-refractivity contribution in [2.75, 3.05) is 5.32 Å². The first kappa shape index (κ1) is 13.7. The Bertz CT molecular complexity index is 694. The second kappa shape index (κ2) is 5.52. The molecule has 0 aliphatic carbocycles. The third kappa shape index (κ3) is 2.51. The lowest BCUT2D eigenvalue weighted by Gasteiger charge is -2.15. The minimum Gasteiger partial charge on any atom is -0.351 e. The van der Waals surface area contributed by atoms with E-state index in [9.17, 15) is 9.59 Å². The molecule has 20 heavy (non-hydrogen) atoms. The van der Waals surface area contributed by atoms with Gasteiger partial charge in [-0.1, -0.05) is 6.92 Å². The highest BCUT2D eigenvalue weighted by atomic mass is 16.2. The van der Waals surface area contributed by atoms with Gasteiger partial charge in [-0.3, -0.25) is 4.79 Å². The maximum Gasteiger partial charge on any atom is 0.316 e. The van der Waals surface area contributed by atoms with Gasteiger partial charge < -0.3 is 16.0 Å². The number of amides is 2. The lowest BCUT2D eigenvalue weighted by molar-refractivity contribution is 0.259. The SMILES string of the molecule is CCc1c(-c2ccncn2)c(C)[nH]c(=O)c1NC(N)=O. The Morgan fingerprint density at radius 3 is 2.80 bits per heavy atom. The summed E-state index contributed by atoms with van der Waals surface area (Å²) in [7, 11) is 0.